The van der Waals surface area contributed by atoms with Gasteiger partial charge in [0.15, 0.2) is 0 Å². The van der Waals surface area contributed by atoms with E-state index in [1.165, 1.54) is 6.07 Å². The third-order valence-corrected chi connectivity index (χ3v) is 3.23. The highest BCUT2D eigenvalue weighted by Gasteiger charge is 2.34. The molecule has 1 aromatic carbocycles. The van der Waals surface area contributed by atoms with Gasteiger partial charge in [0.25, 0.3) is 0 Å². The van der Waals surface area contributed by atoms with Crippen LogP contribution in [0, 0.1) is 11.2 Å². The molecule has 0 amide bonds. The second-order valence-electron chi connectivity index (χ2n) is 6.18. The average molecular weight is 291 g/mol. The molecule has 1 atom stereocenters. The van der Waals surface area contributed by atoms with E-state index in [0.717, 1.165) is 18.6 Å². The summed E-state index contributed by atoms with van der Waals surface area (Å²) >= 11 is 0. The molecule has 1 N–H and O–H groups in total. The number of rotatable bonds is 4. The van der Waals surface area contributed by atoms with Gasteiger partial charge in [0.2, 0.25) is 0 Å². The first-order valence-corrected chi connectivity index (χ1v) is 6.58. The van der Waals surface area contributed by atoms with E-state index in [0.29, 0.717) is 12.0 Å². The minimum Gasteiger partial charge on any atom is -0.313 e. The molecule has 0 spiro atoms. The van der Waals surface area contributed by atoms with E-state index in [1.54, 1.807) is 7.05 Å². The van der Waals surface area contributed by atoms with E-state index in [2.05, 4.69) is 26.1 Å². The molecule has 1 aromatic rings. The molecular weight excluding hydrogens is 270 g/mol. The lowest BCUT2D eigenvalue weighted by Gasteiger charge is -2.24. The number of benzene rings is 1. The Morgan fingerprint density at radius 2 is 1.75 bits per heavy atom. The Morgan fingerprint density at radius 1 is 1.15 bits per heavy atom. The van der Waals surface area contributed by atoms with E-state index in [4.69, 9.17) is 0 Å². The first-order valence-electron chi connectivity index (χ1n) is 6.58. The summed E-state index contributed by atoms with van der Waals surface area (Å²) in [6.45, 7) is 6.22. The molecule has 0 heterocycles. The van der Waals surface area contributed by atoms with Gasteiger partial charge in [-0.05, 0) is 43.0 Å². The van der Waals surface area contributed by atoms with Gasteiger partial charge in [-0.15, -0.1) is 0 Å². The maximum atomic E-state index is 13.3. The molecule has 1 unspecified atom stereocenters. The smallest absolute Gasteiger partial charge is 0.313 e. The molecule has 0 aromatic heterocycles. The zero-order valence-electron chi connectivity index (χ0n) is 12.2. The fourth-order valence-electron chi connectivity index (χ4n) is 2.03. The summed E-state index contributed by atoms with van der Waals surface area (Å²) in [5, 5.41) is 3.00. The van der Waals surface area contributed by atoms with Crippen LogP contribution in [0.4, 0.5) is 17.6 Å². The van der Waals surface area contributed by atoms with Crippen molar-refractivity contribution in [2.75, 3.05) is 7.05 Å². The van der Waals surface area contributed by atoms with E-state index in [9.17, 15) is 17.6 Å². The van der Waals surface area contributed by atoms with E-state index in [-0.39, 0.29) is 11.5 Å². The fourth-order valence-corrected chi connectivity index (χ4v) is 2.03. The lowest BCUT2D eigenvalue weighted by molar-refractivity contribution is -0.140. The minimum absolute atomic E-state index is 0.0992. The number of hydrogen-bond donors (Lipinski definition) is 1. The van der Waals surface area contributed by atoms with Crippen LogP contribution in [0.3, 0.4) is 0 Å². The van der Waals surface area contributed by atoms with Crippen LogP contribution in [-0.4, -0.2) is 7.05 Å². The molecule has 20 heavy (non-hydrogen) atoms. The zero-order chi connectivity index (χ0) is 15.6. The highest BCUT2D eigenvalue weighted by atomic mass is 19.4. The second-order valence-corrected chi connectivity index (χ2v) is 6.18. The molecule has 0 saturated heterocycles. The van der Waals surface area contributed by atoms with Crippen molar-refractivity contribution in [3.05, 3.63) is 35.1 Å². The van der Waals surface area contributed by atoms with Gasteiger partial charge >= 0.3 is 6.18 Å². The quantitative estimate of drug-likeness (QED) is 0.775. The highest BCUT2D eigenvalue weighted by molar-refractivity contribution is 5.29. The number of halogens is 4. The monoisotopic (exact) mass is 291 g/mol. The van der Waals surface area contributed by atoms with Gasteiger partial charge in [-0.2, -0.15) is 13.2 Å². The summed E-state index contributed by atoms with van der Waals surface area (Å²) < 4.78 is 51.4. The summed E-state index contributed by atoms with van der Waals surface area (Å²) in [5.41, 5.74) is -0.640. The summed E-state index contributed by atoms with van der Waals surface area (Å²) in [5.74, 6) is -1.23. The average Bonchev–Trinajstić information content (AvgIpc) is 2.28. The maximum Gasteiger partial charge on any atom is 0.419 e. The molecule has 0 aliphatic rings. The van der Waals surface area contributed by atoms with Crippen molar-refractivity contribution in [3.8, 4) is 0 Å². The van der Waals surface area contributed by atoms with Crippen LogP contribution in [-0.2, 0) is 6.18 Å². The number of hydrogen-bond acceptors (Lipinski definition) is 1. The van der Waals surface area contributed by atoms with Crippen LogP contribution >= 0.6 is 0 Å². The Balaban J connectivity index is 2.99. The van der Waals surface area contributed by atoms with Crippen LogP contribution in [0.5, 0.6) is 0 Å². The van der Waals surface area contributed by atoms with E-state index in [1.807, 2.05) is 0 Å². The van der Waals surface area contributed by atoms with Crippen molar-refractivity contribution in [2.45, 2.75) is 45.8 Å². The highest BCUT2D eigenvalue weighted by Crippen LogP contribution is 2.34. The summed E-state index contributed by atoms with van der Waals surface area (Å²) in [7, 11) is 1.70. The normalized spacial score (nSPS) is 14.4. The van der Waals surface area contributed by atoms with Crippen LogP contribution in [0.2, 0.25) is 0 Å². The third kappa shape index (κ3) is 4.78. The first kappa shape index (κ1) is 17.0. The Labute approximate surface area is 117 Å². The van der Waals surface area contributed by atoms with E-state index < -0.39 is 17.6 Å². The summed E-state index contributed by atoms with van der Waals surface area (Å²) in [4.78, 5) is 0. The molecule has 0 saturated carbocycles. The lowest BCUT2D eigenvalue weighted by Crippen LogP contribution is -2.20. The van der Waals surface area contributed by atoms with Gasteiger partial charge < -0.3 is 5.32 Å². The van der Waals surface area contributed by atoms with Crippen molar-refractivity contribution in [3.63, 3.8) is 0 Å². The minimum atomic E-state index is -4.66. The van der Waals surface area contributed by atoms with Crippen molar-refractivity contribution in [1.29, 1.82) is 0 Å². The molecule has 0 radical (unpaired) electrons. The summed E-state index contributed by atoms with van der Waals surface area (Å²) in [6.07, 6.45) is -3.11. The second kappa shape index (κ2) is 6.12. The third-order valence-electron chi connectivity index (χ3n) is 3.23. The Hall–Kier alpha value is -1.10. The molecule has 0 aliphatic heterocycles. The van der Waals surface area contributed by atoms with Crippen molar-refractivity contribution in [2.24, 2.45) is 5.41 Å². The topological polar surface area (TPSA) is 12.0 Å². The van der Waals surface area contributed by atoms with Crippen LogP contribution in [0.15, 0.2) is 18.2 Å². The van der Waals surface area contributed by atoms with Crippen LogP contribution in [0.25, 0.3) is 0 Å². The Kier molecular flexibility index (Phi) is 5.19. The predicted molar refractivity (Wildman–Crippen MR) is 71.9 cm³/mol. The SMILES string of the molecule is CNC(CCC(C)(C)C)c1ccc(F)c(C(F)(F)F)c1. The standard InChI is InChI=1S/C15H21F4N/c1-14(2,3)8-7-13(20-4)10-5-6-12(16)11(9-10)15(17,18)19/h5-6,9,13,20H,7-8H2,1-4H3. The predicted octanol–water partition coefficient (Wildman–Crippen LogP) is 4.93. The molecule has 0 bridgehead atoms. The number of nitrogens with one attached hydrogen (secondary N) is 1. The first-order chi connectivity index (χ1) is 9.04. The van der Waals surface area contributed by atoms with Gasteiger partial charge in [0.1, 0.15) is 5.82 Å². The molecular formula is C15H21F4N. The van der Waals surface area contributed by atoms with Crippen molar-refractivity contribution in [1.82, 2.24) is 5.32 Å². The van der Waals surface area contributed by atoms with Crippen molar-refractivity contribution >= 4 is 0 Å². The van der Waals surface area contributed by atoms with Gasteiger partial charge in [-0.1, -0.05) is 26.8 Å². The van der Waals surface area contributed by atoms with Crippen LogP contribution < -0.4 is 5.32 Å². The van der Waals surface area contributed by atoms with Crippen molar-refractivity contribution < 1.29 is 17.6 Å². The van der Waals surface area contributed by atoms with E-state index >= 15 is 0 Å². The van der Waals surface area contributed by atoms with Gasteiger partial charge in [0, 0.05) is 6.04 Å². The molecule has 1 rings (SSSR count). The molecule has 1 nitrogen and oxygen atoms in total. The molecule has 5 heteroatoms. The fraction of sp³-hybridized carbons (Fsp3) is 0.600. The zero-order valence-corrected chi connectivity index (χ0v) is 12.2. The molecule has 0 fully saturated rings. The largest absolute Gasteiger partial charge is 0.419 e. The van der Waals surface area contributed by atoms with Crippen LogP contribution in [0.1, 0.15) is 50.8 Å². The number of alkyl halides is 3. The summed E-state index contributed by atoms with van der Waals surface area (Å²) in [6, 6.07) is 2.99. The lowest BCUT2D eigenvalue weighted by atomic mass is 9.87. The van der Waals surface area contributed by atoms with Gasteiger partial charge in [-0.25, -0.2) is 4.39 Å². The molecule has 114 valence electrons. The molecule has 0 aliphatic carbocycles. The Bertz CT molecular complexity index is 446. The Morgan fingerprint density at radius 3 is 2.20 bits per heavy atom. The maximum absolute atomic E-state index is 13.3. The van der Waals surface area contributed by atoms with Gasteiger partial charge in [0.05, 0.1) is 5.56 Å². The van der Waals surface area contributed by atoms with Gasteiger partial charge in [-0.3, -0.25) is 0 Å².